The second-order valence-corrected chi connectivity index (χ2v) is 8.12. The van der Waals surface area contributed by atoms with Crippen molar-refractivity contribution in [1.29, 1.82) is 0 Å². The number of anilines is 2. The summed E-state index contributed by atoms with van der Waals surface area (Å²) in [5.41, 5.74) is 1.30. The van der Waals surface area contributed by atoms with Gasteiger partial charge in [-0.1, -0.05) is 18.1 Å². The maximum Gasteiger partial charge on any atom is 0.408 e. The zero-order valence-corrected chi connectivity index (χ0v) is 16.9. The summed E-state index contributed by atoms with van der Waals surface area (Å²) in [7, 11) is -3.81. The summed E-state index contributed by atoms with van der Waals surface area (Å²) >= 11 is 0. The highest BCUT2D eigenvalue weighted by molar-refractivity contribution is 7.89. The van der Waals surface area contributed by atoms with Crippen molar-refractivity contribution in [2.45, 2.75) is 30.6 Å². The number of terminal acetylenes is 1. The fourth-order valence-electron chi connectivity index (χ4n) is 2.54. The first-order valence-electron chi connectivity index (χ1n) is 8.81. The van der Waals surface area contributed by atoms with E-state index >= 15 is 0 Å². The lowest BCUT2D eigenvalue weighted by Crippen LogP contribution is -2.33. The summed E-state index contributed by atoms with van der Waals surface area (Å²) in [5, 5.41) is 10.3. The number of nitrogens with one attached hydrogen (secondary N) is 2. The Morgan fingerprint density at radius 2 is 1.81 bits per heavy atom. The quantitative estimate of drug-likeness (QED) is 0.494. The third-order valence-corrected chi connectivity index (χ3v) is 5.17. The largest absolute Gasteiger partial charge is 0.408 e. The van der Waals surface area contributed by atoms with Crippen LogP contribution in [0.15, 0.2) is 41.3 Å². The van der Waals surface area contributed by atoms with Crippen LogP contribution in [0, 0.1) is 12.3 Å². The highest BCUT2D eigenvalue weighted by Gasteiger charge is 2.36. The average Bonchev–Trinajstić information content (AvgIpc) is 2.71. The van der Waals surface area contributed by atoms with Crippen LogP contribution in [0.3, 0.4) is 0 Å². The first-order valence-corrected chi connectivity index (χ1v) is 10.4. The number of rotatable bonds is 6. The third-order valence-electron chi connectivity index (χ3n) is 4.24. The number of primary sulfonamides is 1. The molecular weight excluding hydrogens is 433 g/mol. The predicted molar refractivity (Wildman–Crippen MR) is 110 cm³/mol. The number of nitrogens with zero attached hydrogens (tertiary/aromatic N) is 3. The normalized spacial score (nSPS) is 12.9. The van der Waals surface area contributed by atoms with Gasteiger partial charge in [0.1, 0.15) is 17.3 Å². The van der Waals surface area contributed by atoms with Crippen LogP contribution in [0.1, 0.15) is 18.2 Å². The van der Waals surface area contributed by atoms with E-state index in [0.29, 0.717) is 5.56 Å². The van der Waals surface area contributed by atoms with Gasteiger partial charge in [0.05, 0.1) is 10.4 Å². The molecule has 0 fully saturated rings. The molecule has 12 heteroatoms. The van der Waals surface area contributed by atoms with Crippen LogP contribution < -0.4 is 15.8 Å². The van der Waals surface area contributed by atoms with E-state index in [-0.39, 0.29) is 39.9 Å². The van der Waals surface area contributed by atoms with Crippen molar-refractivity contribution in [2.24, 2.45) is 5.14 Å². The smallest absolute Gasteiger partial charge is 0.357 e. The van der Waals surface area contributed by atoms with Gasteiger partial charge < -0.3 is 10.6 Å². The minimum atomic E-state index is -4.50. The third kappa shape index (κ3) is 5.39. The summed E-state index contributed by atoms with van der Waals surface area (Å²) in [6, 6.07) is 6.93. The summed E-state index contributed by atoms with van der Waals surface area (Å²) in [6.45, 7) is 1.14. The van der Waals surface area contributed by atoms with Gasteiger partial charge in [-0.15, -0.1) is 6.42 Å². The van der Waals surface area contributed by atoms with Gasteiger partial charge in [0.25, 0.3) is 0 Å². The maximum atomic E-state index is 13.0. The fourth-order valence-corrected chi connectivity index (χ4v) is 3.05. The lowest BCUT2D eigenvalue weighted by atomic mass is 10.2. The van der Waals surface area contributed by atoms with Crippen LogP contribution in [0.2, 0.25) is 0 Å². The van der Waals surface area contributed by atoms with Gasteiger partial charge in [-0.05, 0) is 36.8 Å². The SMILES string of the molecule is C#Cc1ccc2nc(NCc3ccc(S(N)(=O)=O)cc3)nc(N[C@@H](C)C(F)(F)F)c2n1. The summed E-state index contributed by atoms with van der Waals surface area (Å²) in [6.07, 6.45) is 0.829. The Morgan fingerprint density at radius 1 is 1.13 bits per heavy atom. The summed E-state index contributed by atoms with van der Waals surface area (Å²) in [5.74, 6) is 2.25. The number of alkyl halides is 3. The van der Waals surface area contributed by atoms with E-state index in [1.807, 2.05) is 0 Å². The van der Waals surface area contributed by atoms with Crippen LogP contribution in [0.4, 0.5) is 24.9 Å². The second-order valence-electron chi connectivity index (χ2n) is 6.55. The van der Waals surface area contributed by atoms with E-state index in [1.165, 1.54) is 24.3 Å². The van der Waals surface area contributed by atoms with Gasteiger partial charge in [0, 0.05) is 6.54 Å². The molecule has 31 heavy (non-hydrogen) atoms. The number of benzene rings is 1. The van der Waals surface area contributed by atoms with Gasteiger partial charge >= 0.3 is 6.18 Å². The Hall–Kier alpha value is -3.43. The van der Waals surface area contributed by atoms with Crippen LogP contribution >= 0.6 is 0 Å². The number of pyridine rings is 1. The molecule has 1 aromatic carbocycles. The standard InChI is InChI=1S/C19H17F3N6O2S/c1-3-13-6-9-15-16(26-13)17(25-11(2)19(20,21)22)28-18(27-15)24-10-12-4-7-14(8-5-12)31(23,29)30/h1,4-9,11H,10H2,2H3,(H2,23,29,30)(H2,24,25,27,28)/t11-/m0/s1. The average molecular weight is 450 g/mol. The molecule has 0 unspecified atom stereocenters. The van der Waals surface area contributed by atoms with E-state index in [1.54, 1.807) is 12.1 Å². The minimum absolute atomic E-state index is 0.0405. The molecule has 4 N–H and O–H groups in total. The van der Waals surface area contributed by atoms with Gasteiger partial charge in [-0.25, -0.2) is 23.5 Å². The number of hydrogen-bond acceptors (Lipinski definition) is 7. The molecule has 0 bridgehead atoms. The highest BCUT2D eigenvalue weighted by atomic mass is 32.2. The molecule has 0 amide bonds. The van der Waals surface area contributed by atoms with E-state index < -0.39 is 22.2 Å². The molecule has 0 aliphatic heterocycles. The predicted octanol–water partition coefficient (Wildman–Crippen LogP) is 2.63. The first-order chi connectivity index (χ1) is 14.5. The van der Waals surface area contributed by atoms with E-state index in [2.05, 4.69) is 31.5 Å². The molecule has 2 aromatic heterocycles. The zero-order valence-electron chi connectivity index (χ0n) is 16.1. The molecule has 3 aromatic rings. The van der Waals surface area contributed by atoms with Crippen molar-refractivity contribution in [2.75, 3.05) is 10.6 Å². The van der Waals surface area contributed by atoms with E-state index in [0.717, 1.165) is 6.92 Å². The lowest BCUT2D eigenvalue weighted by molar-refractivity contribution is -0.138. The van der Waals surface area contributed by atoms with Crippen molar-refractivity contribution >= 4 is 32.8 Å². The topological polar surface area (TPSA) is 123 Å². The van der Waals surface area contributed by atoms with Gasteiger partial charge in [-0.2, -0.15) is 18.2 Å². The van der Waals surface area contributed by atoms with Crippen molar-refractivity contribution < 1.29 is 21.6 Å². The monoisotopic (exact) mass is 450 g/mol. The van der Waals surface area contributed by atoms with Crippen molar-refractivity contribution in [3.8, 4) is 12.3 Å². The van der Waals surface area contributed by atoms with Gasteiger partial charge in [0.15, 0.2) is 5.82 Å². The van der Waals surface area contributed by atoms with E-state index in [4.69, 9.17) is 11.6 Å². The molecule has 0 saturated carbocycles. The molecular formula is C19H17F3N6O2S. The number of fused-ring (bicyclic) bond motifs is 1. The maximum absolute atomic E-state index is 13.0. The summed E-state index contributed by atoms with van der Waals surface area (Å²) in [4.78, 5) is 12.5. The van der Waals surface area contributed by atoms with Gasteiger partial charge in [0.2, 0.25) is 16.0 Å². The van der Waals surface area contributed by atoms with Crippen LogP contribution in [-0.2, 0) is 16.6 Å². The molecule has 0 radical (unpaired) electrons. The van der Waals surface area contributed by atoms with Crippen LogP contribution in [0.5, 0.6) is 0 Å². The summed E-state index contributed by atoms with van der Waals surface area (Å²) < 4.78 is 61.8. The van der Waals surface area contributed by atoms with Crippen molar-refractivity contribution in [1.82, 2.24) is 15.0 Å². The molecule has 0 aliphatic carbocycles. The molecule has 2 heterocycles. The molecule has 0 saturated heterocycles. The van der Waals surface area contributed by atoms with Crippen LogP contribution in [0.25, 0.3) is 11.0 Å². The Kier molecular flexibility index (Phi) is 6.01. The fraction of sp³-hybridized carbons (Fsp3) is 0.211. The number of aromatic nitrogens is 3. The van der Waals surface area contributed by atoms with Crippen molar-refractivity contribution in [3.05, 3.63) is 47.7 Å². The van der Waals surface area contributed by atoms with Crippen molar-refractivity contribution in [3.63, 3.8) is 0 Å². The molecule has 0 aliphatic rings. The second kappa shape index (κ2) is 8.37. The zero-order chi connectivity index (χ0) is 22.8. The molecule has 8 nitrogen and oxygen atoms in total. The van der Waals surface area contributed by atoms with Crippen LogP contribution in [-0.4, -0.2) is 35.6 Å². The number of hydrogen-bond donors (Lipinski definition) is 3. The Morgan fingerprint density at radius 3 is 2.39 bits per heavy atom. The first kappa shape index (κ1) is 22.3. The van der Waals surface area contributed by atoms with E-state index in [9.17, 15) is 21.6 Å². The Balaban J connectivity index is 1.91. The Labute approximate surface area is 176 Å². The molecule has 3 rings (SSSR count). The van der Waals surface area contributed by atoms with Gasteiger partial charge in [-0.3, -0.25) is 0 Å². The molecule has 162 valence electrons. The lowest BCUT2D eigenvalue weighted by Gasteiger charge is -2.19. The number of nitrogens with two attached hydrogens (primary N) is 1. The number of halogens is 3. The molecule has 1 atom stereocenters. The highest BCUT2D eigenvalue weighted by Crippen LogP contribution is 2.27. The number of sulfonamides is 1. The minimum Gasteiger partial charge on any atom is -0.357 e. The molecule has 0 spiro atoms. The Bertz CT molecular complexity index is 1250.